The van der Waals surface area contributed by atoms with E-state index in [-0.39, 0.29) is 5.76 Å². The molecule has 0 bridgehead atoms. The van der Waals surface area contributed by atoms with Crippen molar-refractivity contribution in [2.24, 2.45) is 0 Å². The molecule has 2 rings (SSSR count). The summed E-state index contributed by atoms with van der Waals surface area (Å²) in [5, 5.41) is 4.03. The topological polar surface area (TPSA) is 68.5 Å². The number of esters is 1. The first-order chi connectivity index (χ1) is 11.0. The van der Waals surface area contributed by atoms with Gasteiger partial charge in [-0.15, -0.1) is 0 Å². The van der Waals surface area contributed by atoms with Crippen molar-refractivity contribution in [3.05, 3.63) is 34.5 Å². The highest BCUT2D eigenvalue weighted by Gasteiger charge is 2.25. The van der Waals surface area contributed by atoms with Gasteiger partial charge in [-0.3, -0.25) is 4.79 Å². The predicted octanol–water partition coefficient (Wildman–Crippen LogP) is 3.42. The van der Waals surface area contributed by atoms with Gasteiger partial charge < -0.3 is 14.5 Å². The number of rotatable bonds is 6. The van der Waals surface area contributed by atoms with Gasteiger partial charge >= 0.3 is 5.97 Å². The van der Waals surface area contributed by atoms with Crippen molar-refractivity contribution in [3.63, 3.8) is 0 Å². The second kappa shape index (κ2) is 7.75. The zero-order chi connectivity index (χ0) is 17.0. The van der Waals surface area contributed by atoms with Gasteiger partial charge in [-0.25, -0.2) is 4.79 Å². The molecule has 0 spiro atoms. The quantitative estimate of drug-likeness (QED) is 0.804. The van der Waals surface area contributed by atoms with Crippen LogP contribution < -0.4 is 5.32 Å². The zero-order valence-electron chi connectivity index (χ0n) is 13.1. The van der Waals surface area contributed by atoms with Crippen molar-refractivity contribution in [2.75, 3.05) is 19.1 Å². The highest BCUT2D eigenvalue weighted by atomic mass is 35.5. The van der Waals surface area contributed by atoms with Gasteiger partial charge in [-0.05, 0) is 43.6 Å². The molecule has 1 aromatic heterocycles. The molecule has 0 saturated heterocycles. The number of thioether (sulfide) groups is 1. The third kappa shape index (κ3) is 4.00. The summed E-state index contributed by atoms with van der Waals surface area (Å²) in [6.45, 7) is 1.78. The summed E-state index contributed by atoms with van der Waals surface area (Å²) in [4.78, 5) is 24.3. The van der Waals surface area contributed by atoms with E-state index in [1.54, 1.807) is 36.9 Å². The van der Waals surface area contributed by atoms with Crippen LogP contribution >= 0.6 is 23.4 Å². The molecule has 2 aromatic rings. The Hall–Kier alpha value is -1.66. The Balaban J connectivity index is 2.25. The fourth-order valence-electron chi connectivity index (χ4n) is 2.26. The normalized spacial score (nSPS) is 12.2. The number of carbonyl (C=O) groups is 2. The molecule has 0 fully saturated rings. The van der Waals surface area contributed by atoms with E-state index in [9.17, 15) is 9.59 Å². The summed E-state index contributed by atoms with van der Waals surface area (Å²) in [7, 11) is 1.30. The van der Waals surface area contributed by atoms with Gasteiger partial charge in [0.2, 0.25) is 0 Å². The van der Waals surface area contributed by atoms with Crippen LogP contribution in [0.5, 0.6) is 0 Å². The number of amides is 1. The molecule has 1 aromatic carbocycles. The van der Waals surface area contributed by atoms with Crippen LogP contribution in [0.3, 0.4) is 0 Å². The van der Waals surface area contributed by atoms with Gasteiger partial charge in [0.15, 0.2) is 5.76 Å². The first-order valence-corrected chi connectivity index (χ1v) is 8.81. The summed E-state index contributed by atoms with van der Waals surface area (Å²) < 4.78 is 10.3. The molecule has 5 nitrogen and oxygen atoms in total. The minimum Gasteiger partial charge on any atom is -0.467 e. The Kier molecular flexibility index (Phi) is 5.96. The van der Waals surface area contributed by atoms with Crippen LogP contribution in [-0.2, 0) is 9.53 Å². The molecule has 1 heterocycles. The molecule has 7 heteroatoms. The van der Waals surface area contributed by atoms with Crippen LogP contribution in [0.25, 0.3) is 11.0 Å². The number of halogens is 1. The number of methoxy groups -OCH3 is 1. The van der Waals surface area contributed by atoms with Crippen LogP contribution in [0.4, 0.5) is 0 Å². The number of benzene rings is 1. The predicted molar refractivity (Wildman–Crippen MR) is 92.2 cm³/mol. The number of fused-ring (bicyclic) bond motifs is 1. The van der Waals surface area contributed by atoms with Crippen LogP contribution in [0.2, 0.25) is 5.02 Å². The fourth-order valence-corrected chi connectivity index (χ4v) is 2.90. The zero-order valence-corrected chi connectivity index (χ0v) is 14.7. The number of nitrogens with one attached hydrogen (secondary N) is 1. The van der Waals surface area contributed by atoms with Crippen molar-refractivity contribution in [1.29, 1.82) is 0 Å². The summed E-state index contributed by atoms with van der Waals surface area (Å²) in [6.07, 6.45) is 2.42. The SMILES string of the molecule is COC(=O)[C@@H](CCSC)NC(=O)c1oc2ccc(Cl)cc2c1C. The van der Waals surface area contributed by atoms with Crippen LogP contribution in [0, 0.1) is 6.92 Å². The highest BCUT2D eigenvalue weighted by molar-refractivity contribution is 7.98. The second-order valence-electron chi connectivity index (χ2n) is 5.03. The van der Waals surface area contributed by atoms with E-state index in [0.29, 0.717) is 22.6 Å². The van der Waals surface area contributed by atoms with Gasteiger partial charge in [0, 0.05) is 16.0 Å². The molecule has 0 aliphatic carbocycles. The lowest BCUT2D eigenvalue weighted by molar-refractivity contribution is -0.142. The minimum absolute atomic E-state index is 0.181. The van der Waals surface area contributed by atoms with Crippen LogP contribution in [0.15, 0.2) is 22.6 Å². The lowest BCUT2D eigenvalue weighted by atomic mass is 10.1. The number of hydrogen-bond donors (Lipinski definition) is 1. The lowest BCUT2D eigenvalue weighted by Gasteiger charge is -2.15. The Labute approximate surface area is 143 Å². The number of carbonyl (C=O) groups excluding carboxylic acids is 2. The van der Waals surface area contributed by atoms with E-state index in [2.05, 4.69) is 5.32 Å². The van der Waals surface area contributed by atoms with Gasteiger partial charge in [-0.1, -0.05) is 11.6 Å². The molecule has 124 valence electrons. The standard InChI is InChI=1S/C16H18ClNO4S/c1-9-11-8-10(17)4-5-13(11)22-14(9)15(19)18-12(6-7-23-3)16(20)21-2/h4-5,8,12H,6-7H2,1-3H3,(H,18,19)/t12-/m1/s1. The Morgan fingerprint density at radius 1 is 1.43 bits per heavy atom. The van der Waals surface area contributed by atoms with E-state index in [1.165, 1.54) is 7.11 Å². The summed E-state index contributed by atoms with van der Waals surface area (Å²) >= 11 is 7.57. The van der Waals surface area contributed by atoms with E-state index in [0.717, 1.165) is 11.1 Å². The van der Waals surface area contributed by atoms with Gasteiger partial charge in [0.1, 0.15) is 11.6 Å². The Morgan fingerprint density at radius 3 is 2.83 bits per heavy atom. The Morgan fingerprint density at radius 2 is 2.17 bits per heavy atom. The average Bonchev–Trinajstić information content (AvgIpc) is 2.87. The van der Waals surface area contributed by atoms with E-state index >= 15 is 0 Å². The van der Waals surface area contributed by atoms with Gasteiger partial charge in [0.25, 0.3) is 5.91 Å². The third-order valence-electron chi connectivity index (χ3n) is 3.51. The van der Waals surface area contributed by atoms with E-state index < -0.39 is 17.9 Å². The lowest BCUT2D eigenvalue weighted by Crippen LogP contribution is -2.42. The summed E-state index contributed by atoms with van der Waals surface area (Å²) in [5.41, 5.74) is 1.27. The summed E-state index contributed by atoms with van der Waals surface area (Å²) in [6, 6.07) is 4.46. The van der Waals surface area contributed by atoms with Crippen LogP contribution in [-0.4, -0.2) is 37.0 Å². The molecule has 1 N–H and O–H groups in total. The van der Waals surface area contributed by atoms with Crippen molar-refractivity contribution >= 4 is 46.2 Å². The van der Waals surface area contributed by atoms with Gasteiger partial charge in [0.05, 0.1) is 7.11 Å². The molecule has 0 unspecified atom stereocenters. The average molecular weight is 356 g/mol. The van der Waals surface area contributed by atoms with Crippen molar-refractivity contribution < 1.29 is 18.7 Å². The van der Waals surface area contributed by atoms with Crippen molar-refractivity contribution in [1.82, 2.24) is 5.32 Å². The highest BCUT2D eigenvalue weighted by Crippen LogP contribution is 2.27. The fraction of sp³-hybridized carbons (Fsp3) is 0.375. The first kappa shape index (κ1) is 17.7. The monoisotopic (exact) mass is 355 g/mol. The molecular weight excluding hydrogens is 338 g/mol. The largest absolute Gasteiger partial charge is 0.467 e. The first-order valence-electron chi connectivity index (χ1n) is 7.04. The molecule has 1 amide bonds. The molecule has 0 saturated carbocycles. The molecule has 1 atom stereocenters. The second-order valence-corrected chi connectivity index (χ2v) is 6.45. The van der Waals surface area contributed by atoms with E-state index in [1.807, 2.05) is 6.26 Å². The van der Waals surface area contributed by atoms with Crippen LogP contribution in [0.1, 0.15) is 22.5 Å². The maximum absolute atomic E-state index is 12.5. The number of ether oxygens (including phenoxy) is 1. The number of aryl methyl sites for hydroxylation is 1. The van der Waals surface area contributed by atoms with E-state index in [4.69, 9.17) is 20.8 Å². The third-order valence-corrected chi connectivity index (χ3v) is 4.39. The maximum Gasteiger partial charge on any atom is 0.328 e. The molecule has 0 aliphatic rings. The minimum atomic E-state index is -0.698. The Bertz CT molecular complexity index is 728. The smallest absolute Gasteiger partial charge is 0.328 e. The molecule has 0 radical (unpaired) electrons. The maximum atomic E-state index is 12.5. The van der Waals surface area contributed by atoms with Gasteiger partial charge in [-0.2, -0.15) is 11.8 Å². The summed E-state index contributed by atoms with van der Waals surface area (Å²) in [5.74, 6) is 0.00486. The number of hydrogen-bond acceptors (Lipinski definition) is 5. The van der Waals surface area contributed by atoms with Crippen molar-refractivity contribution in [2.45, 2.75) is 19.4 Å². The molecular formula is C16H18ClNO4S. The van der Waals surface area contributed by atoms with Crippen molar-refractivity contribution in [3.8, 4) is 0 Å². The molecule has 0 aliphatic heterocycles. The molecule has 23 heavy (non-hydrogen) atoms. The number of furan rings is 1.